The number of aromatic carboxylic acids is 1. The minimum absolute atomic E-state index is 0.0410. The lowest BCUT2D eigenvalue weighted by Gasteiger charge is -2.04. The Balaban J connectivity index is 2.28. The molecule has 0 bridgehead atoms. The molecule has 1 aromatic carbocycles. The quantitative estimate of drug-likeness (QED) is 0.899. The van der Waals surface area contributed by atoms with Gasteiger partial charge in [-0.15, -0.1) is 11.3 Å². The maximum absolute atomic E-state index is 10.9. The summed E-state index contributed by atoms with van der Waals surface area (Å²) in [5.74, 6) is -1.07. The Morgan fingerprint density at radius 3 is 2.76 bits per heavy atom. The molecule has 0 aliphatic heterocycles. The van der Waals surface area contributed by atoms with Crippen molar-refractivity contribution in [2.24, 2.45) is 0 Å². The number of thiazole rings is 1. The molecule has 0 saturated heterocycles. The molecule has 88 valence electrons. The lowest BCUT2D eigenvalue weighted by molar-refractivity contribution is 0.0697. The van der Waals surface area contributed by atoms with Gasteiger partial charge in [0.1, 0.15) is 5.15 Å². The number of benzene rings is 1. The SMILES string of the molecule is O=C(O)c1cc(Nc2nc(Cl)cs2)ccc1Cl. The predicted molar refractivity (Wildman–Crippen MR) is 68.8 cm³/mol. The van der Waals surface area contributed by atoms with Gasteiger partial charge in [-0.2, -0.15) is 0 Å². The maximum atomic E-state index is 10.9. The summed E-state index contributed by atoms with van der Waals surface area (Å²) in [5.41, 5.74) is 0.636. The van der Waals surface area contributed by atoms with Crippen LogP contribution in [0.2, 0.25) is 10.2 Å². The van der Waals surface area contributed by atoms with E-state index >= 15 is 0 Å². The first-order valence-electron chi connectivity index (χ1n) is 4.47. The number of rotatable bonds is 3. The van der Waals surface area contributed by atoms with Gasteiger partial charge in [0, 0.05) is 11.1 Å². The van der Waals surface area contributed by atoms with Crippen molar-refractivity contribution in [2.75, 3.05) is 5.32 Å². The van der Waals surface area contributed by atoms with E-state index in [2.05, 4.69) is 10.3 Å². The largest absolute Gasteiger partial charge is 0.478 e. The Morgan fingerprint density at radius 1 is 1.41 bits per heavy atom. The summed E-state index contributed by atoms with van der Waals surface area (Å²) in [4.78, 5) is 14.9. The predicted octanol–water partition coefficient (Wildman–Crippen LogP) is 3.89. The molecule has 2 N–H and O–H groups in total. The van der Waals surface area contributed by atoms with Gasteiger partial charge in [-0.05, 0) is 18.2 Å². The highest BCUT2D eigenvalue weighted by Gasteiger charge is 2.10. The number of halogens is 2. The molecule has 17 heavy (non-hydrogen) atoms. The van der Waals surface area contributed by atoms with Gasteiger partial charge in [0.05, 0.1) is 10.6 Å². The highest BCUT2D eigenvalue weighted by molar-refractivity contribution is 7.14. The second-order valence-electron chi connectivity index (χ2n) is 3.10. The molecule has 0 aliphatic carbocycles. The van der Waals surface area contributed by atoms with E-state index in [9.17, 15) is 4.79 Å². The van der Waals surface area contributed by atoms with Crippen LogP contribution < -0.4 is 5.32 Å². The molecule has 0 aliphatic rings. The molecule has 7 heteroatoms. The second-order valence-corrected chi connectivity index (χ2v) is 4.75. The third-order valence-corrected chi connectivity index (χ3v) is 3.33. The van der Waals surface area contributed by atoms with Gasteiger partial charge >= 0.3 is 5.97 Å². The van der Waals surface area contributed by atoms with Crippen LogP contribution in [0, 0.1) is 0 Å². The lowest BCUT2D eigenvalue weighted by atomic mass is 10.2. The number of hydrogen-bond donors (Lipinski definition) is 2. The van der Waals surface area contributed by atoms with Gasteiger partial charge in [-0.1, -0.05) is 23.2 Å². The van der Waals surface area contributed by atoms with E-state index in [1.807, 2.05) is 0 Å². The number of carbonyl (C=O) groups is 1. The Morgan fingerprint density at radius 2 is 2.18 bits per heavy atom. The molecule has 0 spiro atoms. The van der Waals surface area contributed by atoms with Crippen molar-refractivity contribution in [2.45, 2.75) is 0 Å². The fraction of sp³-hybridized carbons (Fsp3) is 0. The van der Waals surface area contributed by atoms with Crippen LogP contribution in [0.5, 0.6) is 0 Å². The van der Waals surface area contributed by atoms with Crippen LogP contribution in [-0.2, 0) is 0 Å². The highest BCUT2D eigenvalue weighted by atomic mass is 35.5. The van der Waals surface area contributed by atoms with Crippen molar-refractivity contribution in [1.82, 2.24) is 4.98 Å². The minimum Gasteiger partial charge on any atom is -0.478 e. The molecule has 2 rings (SSSR count). The highest BCUT2D eigenvalue weighted by Crippen LogP contribution is 2.26. The van der Waals surface area contributed by atoms with E-state index in [4.69, 9.17) is 28.3 Å². The van der Waals surface area contributed by atoms with Gasteiger partial charge in [0.2, 0.25) is 0 Å². The molecule has 0 saturated carbocycles. The first kappa shape index (κ1) is 12.2. The molecule has 1 heterocycles. The molecular weight excluding hydrogens is 283 g/mol. The van der Waals surface area contributed by atoms with Gasteiger partial charge < -0.3 is 10.4 Å². The zero-order chi connectivity index (χ0) is 12.4. The van der Waals surface area contributed by atoms with Crippen molar-refractivity contribution >= 4 is 51.3 Å². The first-order chi connectivity index (χ1) is 8.06. The Labute approximate surface area is 111 Å². The summed E-state index contributed by atoms with van der Waals surface area (Å²) in [6.07, 6.45) is 0. The van der Waals surface area contributed by atoms with E-state index in [-0.39, 0.29) is 10.6 Å². The smallest absolute Gasteiger partial charge is 0.337 e. The van der Waals surface area contributed by atoms with Gasteiger partial charge in [-0.25, -0.2) is 9.78 Å². The summed E-state index contributed by atoms with van der Waals surface area (Å²) >= 11 is 12.8. The summed E-state index contributed by atoms with van der Waals surface area (Å²) < 4.78 is 0. The van der Waals surface area contributed by atoms with E-state index in [0.29, 0.717) is 16.0 Å². The molecule has 0 radical (unpaired) electrons. The monoisotopic (exact) mass is 288 g/mol. The van der Waals surface area contributed by atoms with E-state index in [1.54, 1.807) is 11.4 Å². The number of anilines is 2. The average Bonchev–Trinajstić information content (AvgIpc) is 2.66. The minimum atomic E-state index is -1.07. The Bertz CT molecular complexity index is 571. The molecular formula is C10H6Cl2N2O2S. The average molecular weight is 289 g/mol. The number of nitrogens with one attached hydrogen (secondary N) is 1. The summed E-state index contributed by atoms with van der Waals surface area (Å²) in [6, 6.07) is 4.63. The molecule has 0 amide bonds. The van der Waals surface area contributed by atoms with Crippen molar-refractivity contribution in [3.8, 4) is 0 Å². The third kappa shape index (κ3) is 2.88. The maximum Gasteiger partial charge on any atom is 0.337 e. The summed E-state index contributed by atoms with van der Waals surface area (Å²) in [6.45, 7) is 0. The van der Waals surface area contributed by atoms with Gasteiger partial charge in [0.25, 0.3) is 0 Å². The molecule has 4 nitrogen and oxygen atoms in total. The van der Waals surface area contributed by atoms with Gasteiger partial charge in [-0.3, -0.25) is 0 Å². The van der Waals surface area contributed by atoms with Gasteiger partial charge in [0.15, 0.2) is 5.13 Å². The summed E-state index contributed by atoms with van der Waals surface area (Å²) in [7, 11) is 0. The number of aromatic nitrogens is 1. The van der Waals surface area contributed by atoms with Crippen molar-refractivity contribution in [3.05, 3.63) is 39.3 Å². The normalized spacial score (nSPS) is 10.2. The van der Waals surface area contributed by atoms with Crippen LogP contribution in [0.4, 0.5) is 10.8 Å². The van der Waals surface area contributed by atoms with Crippen LogP contribution in [0.15, 0.2) is 23.6 Å². The third-order valence-electron chi connectivity index (χ3n) is 1.92. The number of nitrogens with zero attached hydrogens (tertiary/aromatic N) is 1. The van der Waals surface area contributed by atoms with Crippen LogP contribution >= 0.6 is 34.5 Å². The zero-order valence-electron chi connectivity index (χ0n) is 8.28. The molecule has 0 unspecified atom stereocenters. The van der Waals surface area contributed by atoms with Crippen LogP contribution in [0.1, 0.15) is 10.4 Å². The van der Waals surface area contributed by atoms with Crippen LogP contribution in [-0.4, -0.2) is 16.1 Å². The van der Waals surface area contributed by atoms with E-state index in [1.165, 1.54) is 23.5 Å². The molecule has 1 aromatic heterocycles. The lowest BCUT2D eigenvalue weighted by Crippen LogP contribution is -1.99. The standard InChI is InChI=1S/C10H6Cl2N2O2S/c11-7-2-1-5(3-6(7)9(15)16)13-10-14-8(12)4-17-10/h1-4H,(H,13,14)(H,15,16). The fourth-order valence-electron chi connectivity index (χ4n) is 1.20. The topological polar surface area (TPSA) is 62.2 Å². The van der Waals surface area contributed by atoms with E-state index in [0.717, 1.165) is 0 Å². The number of carboxylic acids is 1. The first-order valence-corrected chi connectivity index (χ1v) is 6.11. The van der Waals surface area contributed by atoms with Crippen molar-refractivity contribution in [3.63, 3.8) is 0 Å². The summed E-state index contributed by atoms with van der Waals surface area (Å²) in [5, 5.41) is 14.7. The molecule has 0 fully saturated rings. The number of hydrogen-bond acceptors (Lipinski definition) is 4. The van der Waals surface area contributed by atoms with E-state index < -0.39 is 5.97 Å². The Hall–Kier alpha value is -1.30. The molecule has 2 aromatic rings. The van der Waals surface area contributed by atoms with Crippen molar-refractivity contribution in [1.29, 1.82) is 0 Å². The van der Waals surface area contributed by atoms with Crippen LogP contribution in [0.3, 0.4) is 0 Å². The van der Waals surface area contributed by atoms with Crippen LogP contribution in [0.25, 0.3) is 0 Å². The number of carboxylic acid groups (broad SMARTS) is 1. The molecule has 0 atom stereocenters. The van der Waals surface area contributed by atoms with Crippen molar-refractivity contribution < 1.29 is 9.90 Å². The fourth-order valence-corrected chi connectivity index (χ4v) is 2.26. The second kappa shape index (κ2) is 4.91. The Kier molecular flexibility index (Phi) is 3.51. The zero-order valence-corrected chi connectivity index (χ0v) is 10.6.